The second kappa shape index (κ2) is 4.34. The van der Waals surface area contributed by atoms with Gasteiger partial charge in [0.1, 0.15) is 0 Å². The van der Waals surface area contributed by atoms with E-state index in [9.17, 15) is 0 Å². The summed E-state index contributed by atoms with van der Waals surface area (Å²) in [6.07, 6.45) is 5.36. The quantitative estimate of drug-likeness (QED) is 0.830. The summed E-state index contributed by atoms with van der Waals surface area (Å²) in [7, 11) is 0. The van der Waals surface area contributed by atoms with E-state index in [2.05, 4.69) is 41.8 Å². The van der Waals surface area contributed by atoms with Crippen molar-refractivity contribution in [2.45, 2.75) is 44.1 Å². The molecule has 0 saturated heterocycles. The fourth-order valence-electron chi connectivity index (χ4n) is 3.05. The van der Waals surface area contributed by atoms with Gasteiger partial charge in [0.25, 0.3) is 0 Å². The number of benzene rings is 1. The van der Waals surface area contributed by atoms with E-state index in [1.54, 1.807) is 0 Å². The van der Waals surface area contributed by atoms with Crippen LogP contribution in [0.3, 0.4) is 0 Å². The Kier molecular flexibility index (Phi) is 2.83. The van der Waals surface area contributed by atoms with E-state index in [0.717, 1.165) is 13.1 Å². The van der Waals surface area contributed by atoms with Crippen molar-refractivity contribution in [1.82, 2.24) is 5.32 Å². The minimum atomic E-state index is 0.450. The zero-order valence-corrected chi connectivity index (χ0v) is 10.6. The number of hydrogen-bond donors (Lipinski definition) is 2. The van der Waals surface area contributed by atoms with Gasteiger partial charge in [0.15, 0.2) is 0 Å². The SMILES string of the molecule is CC1(NCCC2CNc3ccccc32)CCC1. The van der Waals surface area contributed by atoms with Crippen LogP contribution < -0.4 is 10.6 Å². The van der Waals surface area contributed by atoms with Crippen molar-refractivity contribution >= 4 is 5.69 Å². The second-order valence-corrected chi connectivity index (χ2v) is 5.79. The lowest BCUT2D eigenvalue weighted by Crippen LogP contribution is -2.48. The third-order valence-corrected chi connectivity index (χ3v) is 4.44. The van der Waals surface area contributed by atoms with Crippen LogP contribution in [0.15, 0.2) is 24.3 Å². The number of nitrogens with one attached hydrogen (secondary N) is 2. The molecule has 1 aliphatic heterocycles. The summed E-state index contributed by atoms with van der Waals surface area (Å²) in [6, 6.07) is 8.72. The number of rotatable bonds is 4. The summed E-state index contributed by atoms with van der Waals surface area (Å²) >= 11 is 0. The standard InChI is InChI=1S/C15H22N2/c1-15(8-4-9-15)17-10-7-12-11-16-14-6-3-2-5-13(12)14/h2-3,5-6,12,16-17H,4,7-11H2,1H3. The van der Waals surface area contributed by atoms with Crippen LogP contribution in [-0.4, -0.2) is 18.6 Å². The Morgan fingerprint density at radius 2 is 2.18 bits per heavy atom. The predicted octanol–water partition coefficient (Wildman–Crippen LogP) is 3.12. The average molecular weight is 230 g/mol. The van der Waals surface area contributed by atoms with Gasteiger partial charge in [0.2, 0.25) is 0 Å². The molecule has 1 unspecified atom stereocenters. The van der Waals surface area contributed by atoms with Crippen LogP contribution in [-0.2, 0) is 0 Å². The van der Waals surface area contributed by atoms with Gasteiger partial charge in [0.05, 0.1) is 0 Å². The van der Waals surface area contributed by atoms with E-state index in [0.29, 0.717) is 11.5 Å². The van der Waals surface area contributed by atoms with E-state index in [1.165, 1.54) is 36.9 Å². The van der Waals surface area contributed by atoms with Crippen LogP contribution in [0.5, 0.6) is 0 Å². The van der Waals surface area contributed by atoms with E-state index in [1.807, 2.05) is 0 Å². The third-order valence-electron chi connectivity index (χ3n) is 4.44. The van der Waals surface area contributed by atoms with Gasteiger partial charge >= 0.3 is 0 Å². The van der Waals surface area contributed by atoms with Gasteiger partial charge in [-0.25, -0.2) is 0 Å². The smallest absolute Gasteiger partial charge is 0.0376 e. The lowest BCUT2D eigenvalue weighted by atomic mass is 9.78. The molecule has 1 fully saturated rings. The molecule has 1 aromatic carbocycles. The first-order valence-corrected chi connectivity index (χ1v) is 6.85. The largest absolute Gasteiger partial charge is 0.384 e. The molecule has 1 heterocycles. The third kappa shape index (κ3) is 2.19. The van der Waals surface area contributed by atoms with Crippen molar-refractivity contribution < 1.29 is 0 Å². The molecule has 0 amide bonds. The van der Waals surface area contributed by atoms with Gasteiger partial charge in [-0.05, 0) is 50.8 Å². The van der Waals surface area contributed by atoms with E-state index in [4.69, 9.17) is 0 Å². The Balaban J connectivity index is 1.53. The van der Waals surface area contributed by atoms with Crippen molar-refractivity contribution in [3.05, 3.63) is 29.8 Å². The molecular formula is C15H22N2. The molecule has 2 heteroatoms. The molecule has 3 rings (SSSR count). The normalized spacial score (nSPS) is 24.9. The lowest BCUT2D eigenvalue weighted by molar-refractivity contribution is 0.207. The maximum atomic E-state index is 3.73. The molecule has 0 aromatic heterocycles. The van der Waals surface area contributed by atoms with Crippen LogP contribution in [0, 0.1) is 0 Å². The first-order valence-electron chi connectivity index (χ1n) is 6.85. The van der Waals surface area contributed by atoms with Crippen molar-refractivity contribution in [3.63, 3.8) is 0 Å². The van der Waals surface area contributed by atoms with Gasteiger partial charge in [0, 0.05) is 23.7 Å². The van der Waals surface area contributed by atoms with Crippen molar-refractivity contribution in [2.24, 2.45) is 0 Å². The van der Waals surface area contributed by atoms with Crippen molar-refractivity contribution in [2.75, 3.05) is 18.4 Å². The topological polar surface area (TPSA) is 24.1 Å². The minimum absolute atomic E-state index is 0.450. The van der Waals surface area contributed by atoms with Gasteiger partial charge in [-0.3, -0.25) is 0 Å². The molecule has 0 radical (unpaired) electrons. The molecule has 2 N–H and O–H groups in total. The van der Waals surface area contributed by atoms with Gasteiger partial charge in [-0.1, -0.05) is 18.2 Å². The maximum Gasteiger partial charge on any atom is 0.0376 e. The van der Waals surface area contributed by atoms with Crippen molar-refractivity contribution in [3.8, 4) is 0 Å². The molecule has 2 nitrogen and oxygen atoms in total. The van der Waals surface area contributed by atoms with Gasteiger partial charge in [-0.15, -0.1) is 0 Å². The summed E-state index contributed by atoms with van der Waals surface area (Å²) in [4.78, 5) is 0. The highest BCUT2D eigenvalue weighted by molar-refractivity contribution is 5.57. The second-order valence-electron chi connectivity index (χ2n) is 5.79. The Morgan fingerprint density at radius 1 is 1.35 bits per heavy atom. The number of anilines is 1. The van der Waals surface area contributed by atoms with Crippen molar-refractivity contribution in [1.29, 1.82) is 0 Å². The zero-order valence-electron chi connectivity index (χ0n) is 10.6. The summed E-state index contributed by atoms with van der Waals surface area (Å²) < 4.78 is 0. The zero-order chi connectivity index (χ0) is 11.7. The highest BCUT2D eigenvalue weighted by atomic mass is 15.0. The monoisotopic (exact) mass is 230 g/mol. The molecule has 1 atom stereocenters. The Labute approximate surface area is 104 Å². The van der Waals surface area contributed by atoms with Gasteiger partial charge < -0.3 is 10.6 Å². The first kappa shape index (κ1) is 11.1. The Bertz CT molecular complexity index is 396. The molecular weight excluding hydrogens is 208 g/mol. The van der Waals surface area contributed by atoms with Crippen LogP contribution in [0.2, 0.25) is 0 Å². The highest BCUT2D eigenvalue weighted by Crippen LogP contribution is 2.34. The van der Waals surface area contributed by atoms with Crippen LogP contribution >= 0.6 is 0 Å². The number of fused-ring (bicyclic) bond motifs is 1. The Hall–Kier alpha value is -1.02. The van der Waals surface area contributed by atoms with E-state index in [-0.39, 0.29) is 0 Å². The number of hydrogen-bond acceptors (Lipinski definition) is 2. The molecule has 92 valence electrons. The number of para-hydroxylation sites is 1. The molecule has 1 saturated carbocycles. The van der Waals surface area contributed by atoms with E-state index >= 15 is 0 Å². The Morgan fingerprint density at radius 3 is 2.94 bits per heavy atom. The summed E-state index contributed by atoms with van der Waals surface area (Å²) in [5, 5.41) is 7.22. The minimum Gasteiger partial charge on any atom is -0.384 e. The van der Waals surface area contributed by atoms with Crippen LogP contribution in [0.4, 0.5) is 5.69 Å². The molecule has 17 heavy (non-hydrogen) atoms. The fourth-order valence-corrected chi connectivity index (χ4v) is 3.05. The first-order chi connectivity index (χ1) is 8.27. The summed E-state index contributed by atoms with van der Waals surface area (Å²) in [6.45, 7) is 4.62. The fraction of sp³-hybridized carbons (Fsp3) is 0.600. The van der Waals surface area contributed by atoms with Crippen LogP contribution in [0.1, 0.15) is 44.1 Å². The van der Waals surface area contributed by atoms with Gasteiger partial charge in [-0.2, -0.15) is 0 Å². The molecule has 0 spiro atoms. The summed E-state index contributed by atoms with van der Waals surface area (Å²) in [5.41, 5.74) is 3.30. The van der Waals surface area contributed by atoms with Crippen LogP contribution in [0.25, 0.3) is 0 Å². The maximum absolute atomic E-state index is 3.73. The predicted molar refractivity (Wildman–Crippen MR) is 72.5 cm³/mol. The lowest BCUT2D eigenvalue weighted by Gasteiger charge is -2.39. The molecule has 1 aliphatic carbocycles. The highest BCUT2D eigenvalue weighted by Gasteiger charge is 2.31. The molecule has 0 bridgehead atoms. The molecule has 2 aliphatic rings. The summed E-state index contributed by atoms with van der Waals surface area (Å²) in [5.74, 6) is 0.697. The van der Waals surface area contributed by atoms with E-state index < -0.39 is 0 Å². The molecule has 1 aromatic rings. The average Bonchev–Trinajstić information content (AvgIpc) is 2.71.